The molecule has 3 heteroatoms. The third-order valence-corrected chi connectivity index (χ3v) is 2.77. The number of carbonyl (C=O) groups excluding carboxylic acids is 1. The largest absolute Gasteiger partial charge is 0.469 e. The van der Waals surface area contributed by atoms with Gasteiger partial charge in [-0.25, -0.2) is 0 Å². The summed E-state index contributed by atoms with van der Waals surface area (Å²) in [6.45, 7) is 2.06. The van der Waals surface area contributed by atoms with Gasteiger partial charge in [-0.05, 0) is 19.8 Å². The van der Waals surface area contributed by atoms with Crippen LogP contribution < -0.4 is 5.73 Å². The van der Waals surface area contributed by atoms with Gasteiger partial charge in [-0.3, -0.25) is 4.79 Å². The molecule has 96 valence electrons. The molecule has 16 heavy (non-hydrogen) atoms. The Balaban J connectivity index is 3.01. The van der Waals surface area contributed by atoms with Crippen molar-refractivity contribution >= 4 is 5.97 Å². The Kier molecular flexibility index (Phi) is 10.5. The molecule has 3 nitrogen and oxygen atoms in total. The van der Waals surface area contributed by atoms with Gasteiger partial charge in [-0.2, -0.15) is 0 Å². The van der Waals surface area contributed by atoms with Crippen molar-refractivity contribution in [1.82, 2.24) is 0 Å². The number of esters is 1. The summed E-state index contributed by atoms with van der Waals surface area (Å²) in [5.74, 6) is -0.0862. The number of unbranched alkanes of at least 4 members (excludes halogenated alkanes) is 6. The molecule has 0 bridgehead atoms. The van der Waals surface area contributed by atoms with Gasteiger partial charge >= 0.3 is 5.97 Å². The summed E-state index contributed by atoms with van der Waals surface area (Å²) >= 11 is 0. The quantitative estimate of drug-likeness (QED) is 0.463. The Morgan fingerprint density at radius 2 is 1.56 bits per heavy atom. The summed E-state index contributed by atoms with van der Waals surface area (Å²) in [6.07, 6.45) is 10.2. The SMILES string of the molecule is COC(=O)CCCCCCCCC[C@H](C)N. The van der Waals surface area contributed by atoms with Crippen molar-refractivity contribution < 1.29 is 9.53 Å². The summed E-state index contributed by atoms with van der Waals surface area (Å²) in [7, 11) is 1.45. The zero-order valence-electron chi connectivity index (χ0n) is 10.8. The fraction of sp³-hybridized carbons (Fsp3) is 0.923. The maximum Gasteiger partial charge on any atom is 0.305 e. The number of hydrogen-bond acceptors (Lipinski definition) is 3. The zero-order valence-corrected chi connectivity index (χ0v) is 10.8. The maximum absolute atomic E-state index is 10.8. The molecule has 0 unspecified atom stereocenters. The fourth-order valence-corrected chi connectivity index (χ4v) is 1.72. The predicted molar refractivity (Wildman–Crippen MR) is 67.2 cm³/mol. The molecule has 0 aromatic carbocycles. The maximum atomic E-state index is 10.8. The number of hydrogen-bond donors (Lipinski definition) is 1. The van der Waals surface area contributed by atoms with Crippen LogP contribution in [0.3, 0.4) is 0 Å². The van der Waals surface area contributed by atoms with Crippen molar-refractivity contribution in [3.63, 3.8) is 0 Å². The molecule has 0 aliphatic carbocycles. The monoisotopic (exact) mass is 229 g/mol. The number of nitrogens with two attached hydrogens (primary N) is 1. The second kappa shape index (κ2) is 10.9. The average Bonchev–Trinajstić information content (AvgIpc) is 2.26. The molecular weight excluding hydrogens is 202 g/mol. The summed E-state index contributed by atoms with van der Waals surface area (Å²) < 4.78 is 4.58. The lowest BCUT2D eigenvalue weighted by atomic mass is 10.1. The van der Waals surface area contributed by atoms with Crippen LogP contribution in [0.5, 0.6) is 0 Å². The number of ether oxygens (including phenoxy) is 1. The normalized spacial score (nSPS) is 12.4. The van der Waals surface area contributed by atoms with Crippen LogP contribution in [-0.4, -0.2) is 19.1 Å². The minimum atomic E-state index is -0.0862. The van der Waals surface area contributed by atoms with Gasteiger partial charge in [0, 0.05) is 12.5 Å². The molecular formula is C13H27NO2. The lowest BCUT2D eigenvalue weighted by Crippen LogP contribution is -2.13. The van der Waals surface area contributed by atoms with Gasteiger partial charge in [0.2, 0.25) is 0 Å². The number of rotatable bonds is 10. The van der Waals surface area contributed by atoms with Gasteiger partial charge in [0.1, 0.15) is 0 Å². The van der Waals surface area contributed by atoms with Crippen LogP contribution in [-0.2, 0) is 9.53 Å². The highest BCUT2D eigenvalue weighted by molar-refractivity contribution is 5.68. The van der Waals surface area contributed by atoms with Crippen molar-refractivity contribution in [3.05, 3.63) is 0 Å². The number of carbonyl (C=O) groups is 1. The van der Waals surface area contributed by atoms with Crippen LogP contribution >= 0.6 is 0 Å². The fourth-order valence-electron chi connectivity index (χ4n) is 1.72. The molecule has 0 heterocycles. The predicted octanol–water partition coefficient (Wildman–Crippen LogP) is 3.02. The Morgan fingerprint density at radius 1 is 1.06 bits per heavy atom. The van der Waals surface area contributed by atoms with E-state index < -0.39 is 0 Å². The van der Waals surface area contributed by atoms with E-state index in [-0.39, 0.29) is 5.97 Å². The first-order valence-electron chi connectivity index (χ1n) is 6.49. The van der Waals surface area contributed by atoms with Crippen molar-refractivity contribution in [2.24, 2.45) is 5.73 Å². The lowest BCUT2D eigenvalue weighted by molar-refractivity contribution is -0.140. The first-order chi connectivity index (χ1) is 7.66. The molecule has 1 atom stereocenters. The smallest absolute Gasteiger partial charge is 0.305 e. The molecule has 0 aromatic rings. The van der Waals surface area contributed by atoms with Crippen molar-refractivity contribution in [3.8, 4) is 0 Å². The Hall–Kier alpha value is -0.570. The molecule has 0 aliphatic heterocycles. The van der Waals surface area contributed by atoms with Gasteiger partial charge in [-0.15, -0.1) is 0 Å². The molecule has 0 aliphatic rings. The van der Waals surface area contributed by atoms with Crippen LogP contribution in [0.15, 0.2) is 0 Å². The lowest BCUT2D eigenvalue weighted by Gasteiger charge is -2.04. The molecule has 0 fully saturated rings. The Morgan fingerprint density at radius 3 is 2.06 bits per heavy atom. The standard InChI is InChI=1S/C13H27NO2/c1-12(14)10-8-6-4-3-5-7-9-11-13(15)16-2/h12H,3-11,14H2,1-2H3/t12-/m0/s1. The van der Waals surface area contributed by atoms with Crippen LogP contribution in [0.25, 0.3) is 0 Å². The minimum Gasteiger partial charge on any atom is -0.469 e. The second-order valence-corrected chi connectivity index (χ2v) is 4.57. The molecule has 0 aromatic heterocycles. The summed E-state index contributed by atoms with van der Waals surface area (Å²) in [4.78, 5) is 10.8. The molecule has 0 spiro atoms. The van der Waals surface area contributed by atoms with E-state index in [0.29, 0.717) is 12.5 Å². The van der Waals surface area contributed by atoms with Crippen LogP contribution in [0.1, 0.15) is 64.7 Å². The summed E-state index contributed by atoms with van der Waals surface area (Å²) in [6, 6.07) is 0.347. The third-order valence-electron chi connectivity index (χ3n) is 2.77. The van der Waals surface area contributed by atoms with Crippen LogP contribution in [0, 0.1) is 0 Å². The van der Waals surface area contributed by atoms with Crippen LogP contribution in [0.4, 0.5) is 0 Å². The average molecular weight is 229 g/mol. The molecule has 0 saturated heterocycles. The van der Waals surface area contributed by atoms with Crippen LogP contribution in [0.2, 0.25) is 0 Å². The van der Waals surface area contributed by atoms with Gasteiger partial charge in [0.25, 0.3) is 0 Å². The summed E-state index contributed by atoms with van der Waals surface area (Å²) in [5.41, 5.74) is 5.67. The van der Waals surface area contributed by atoms with E-state index in [4.69, 9.17) is 5.73 Å². The third kappa shape index (κ3) is 11.5. The van der Waals surface area contributed by atoms with Gasteiger partial charge < -0.3 is 10.5 Å². The van der Waals surface area contributed by atoms with Crippen molar-refractivity contribution in [2.45, 2.75) is 70.8 Å². The second-order valence-electron chi connectivity index (χ2n) is 4.57. The van der Waals surface area contributed by atoms with E-state index in [2.05, 4.69) is 11.7 Å². The number of methoxy groups -OCH3 is 1. The minimum absolute atomic E-state index is 0.0862. The highest BCUT2D eigenvalue weighted by Gasteiger charge is 1.99. The molecule has 2 N–H and O–H groups in total. The molecule has 0 rings (SSSR count). The van der Waals surface area contributed by atoms with Crippen molar-refractivity contribution in [1.29, 1.82) is 0 Å². The highest BCUT2D eigenvalue weighted by atomic mass is 16.5. The van der Waals surface area contributed by atoms with E-state index >= 15 is 0 Å². The topological polar surface area (TPSA) is 52.3 Å². The van der Waals surface area contributed by atoms with E-state index in [1.165, 1.54) is 39.2 Å². The molecule has 0 amide bonds. The zero-order chi connectivity index (χ0) is 12.2. The van der Waals surface area contributed by atoms with Gasteiger partial charge in [0.05, 0.1) is 7.11 Å². The van der Waals surface area contributed by atoms with Crippen molar-refractivity contribution in [2.75, 3.05) is 7.11 Å². The molecule has 0 radical (unpaired) electrons. The Bertz CT molecular complexity index is 169. The van der Waals surface area contributed by atoms with Gasteiger partial charge in [-0.1, -0.05) is 38.5 Å². The first kappa shape index (κ1) is 15.4. The first-order valence-corrected chi connectivity index (χ1v) is 6.49. The van der Waals surface area contributed by atoms with E-state index in [0.717, 1.165) is 19.3 Å². The molecule has 0 saturated carbocycles. The van der Waals surface area contributed by atoms with Gasteiger partial charge in [0.15, 0.2) is 0 Å². The van der Waals surface area contributed by atoms with E-state index in [9.17, 15) is 4.79 Å². The highest BCUT2D eigenvalue weighted by Crippen LogP contribution is 2.10. The van der Waals surface area contributed by atoms with E-state index in [1.807, 2.05) is 0 Å². The van der Waals surface area contributed by atoms with E-state index in [1.54, 1.807) is 0 Å². The Labute approximate surface area is 99.7 Å². The summed E-state index contributed by atoms with van der Waals surface area (Å²) in [5, 5.41) is 0.